The number of hydrogen-bond donors (Lipinski definition) is 0. The minimum atomic E-state index is -0.313. The third-order valence-corrected chi connectivity index (χ3v) is 4.48. The zero-order valence-electron chi connectivity index (χ0n) is 15.3. The quantitative estimate of drug-likeness (QED) is 0.569. The molecule has 9 heteroatoms. The summed E-state index contributed by atoms with van der Waals surface area (Å²) in [6, 6.07) is 1.68. The van der Waals surface area contributed by atoms with Crippen LogP contribution in [0.15, 0.2) is 37.1 Å². The Morgan fingerprint density at radius 2 is 2.04 bits per heavy atom. The first kappa shape index (κ1) is 19.6. The molecule has 0 radical (unpaired) electrons. The van der Waals surface area contributed by atoms with Gasteiger partial charge in [-0.3, -0.25) is 9.78 Å². The van der Waals surface area contributed by atoms with Crippen LogP contribution < -0.4 is 0 Å². The number of pyridine rings is 2. The van der Waals surface area contributed by atoms with Crippen molar-refractivity contribution in [1.29, 1.82) is 0 Å². The van der Waals surface area contributed by atoms with Gasteiger partial charge in [0.2, 0.25) is 5.69 Å². The molecule has 0 saturated heterocycles. The molecule has 0 saturated carbocycles. The first-order valence-corrected chi connectivity index (χ1v) is 8.81. The number of rotatable bonds is 7. The fourth-order valence-electron chi connectivity index (χ4n) is 2.86. The third kappa shape index (κ3) is 4.22. The van der Waals surface area contributed by atoms with Crippen molar-refractivity contribution in [2.45, 2.75) is 25.9 Å². The van der Waals surface area contributed by atoms with E-state index in [-0.39, 0.29) is 24.7 Å². The average Bonchev–Trinajstić information content (AvgIpc) is 3.21. The summed E-state index contributed by atoms with van der Waals surface area (Å²) < 4.78 is 5.36. The summed E-state index contributed by atoms with van der Waals surface area (Å²) >= 11 is 6.26. The second kappa shape index (κ2) is 8.69. The lowest BCUT2D eigenvalue weighted by Crippen LogP contribution is -2.11. The van der Waals surface area contributed by atoms with Gasteiger partial charge in [0.25, 0.3) is 0 Å². The highest BCUT2D eigenvalue weighted by Gasteiger charge is 2.18. The molecule has 142 valence electrons. The second-order valence-corrected chi connectivity index (χ2v) is 6.49. The van der Waals surface area contributed by atoms with Crippen molar-refractivity contribution in [3.05, 3.63) is 70.2 Å². The molecule has 8 nitrogen and oxygen atoms in total. The van der Waals surface area contributed by atoms with Crippen molar-refractivity contribution in [3.8, 4) is 5.82 Å². The number of nitrogens with zero attached hydrogens (tertiary/aromatic N) is 6. The van der Waals surface area contributed by atoms with Crippen LogP contribution in [0.5, 0.6) is 0 Å². The number of hydrogen-bond acceptors (Lipinski definition) is 6. The summed E-state index contributed by atoms with van der Waals surface area (Å²) in [6.07, 6.45) is 7.70. The molecule has 1 atom stereocenters. The van der Waals surface area contributed by atoms with E-state index in [1.54, 1.807) is 25.6 Å². The van der Waals surface area contributed by atoms with Crippen LogP contribution in [-0.4, -0.2) is 37.9 Å². The van der Waals surface area contributed by atoms with E-state index in [4.69, 9.17) is 22.9 Å². The first-order chi connectivity index (χ1) is 13.5. The van der Waals surface area contributed by atoms with Crippen LogP contribution >= 0.6 is 11.6 Å². The molecule has 0 fully saturated rings. The molecular formula is C19H17ClN6O2. The van der Waals surface area contributed by atoms with Crippen molar-refractivity contribution >= 4 is 23.1 Å². The van der Waals surface area contributed by atoms with E-state index in [1.165, 1.54) is 23.4 Å². The van der Waals surface area contributed by atoms with Gasteiger partial charge in [-0.1, -0.05) is 11.6 Å². The van der Waals surface area contributed by atoms with Gasteiger partial charge in [0, 0.05) is 38.5 Å². The molecule has 0 N–H and O–H groups in total. The number of aromatic nitrogens is 5. The number of carbonyl (C=O) groups excluding carboxylic acids is 1. The minimum Gasteiger partial charge on any atom is -0.378 e. The van der Waals surface area contributed by atoms with E-state index in [0.29, 0.717) is 33.2 Å². The van der Waals surface area contributed by atoms with Crippen LogP contribution in [0.1, 0.15) is 29.7 Å². The molecule has 0 aliphatic carbocycles. The lowest BCUT2D eigenvalue weighted by molar-refractivity contribution is -0.117. The summed E-state index contributed by atoms with van der Waals surface area (Å²) in [4.78, 5) is 25.8. The molecule has 0 aliphatic heterocycles. The van der Waals surface area contributed by atoms with Gasteiger partial charge < -0.3 is 4.74 Å². The van der Waals surface area contributed by atoms with Crippen LogP contribution in [0.4, 0.5) is 5.69 Å². The molecule has 0 spiro atoms. The highest BCUT2D eigenvalue weighted by molar-refractivity contribution is 6.32. The maximum Gasteiger partial charge on any atom is 0.211 e. The second-order valence-electron chi connectivity index (χ2n) is 6.08. The van der Waals surface area contributed by atoms with Gasteiger partial charge in [0.1, 0.15) is 5.78 Å². The monoisotopic (exact) mass is 396 g/mol. The van der Waals surface area contributed by atoms with Crippen LogP contribution in [0, 0.1) is 6.57 Å². The molecule has 3 heterocycles. The van der Waals surface area contributed by atoms with Gasteiger partial charge in [-0.2, -0.15) is 10.2 Å². The molecule has 0 aliphatic rings. The summed E-state index contributed by atoms with van der Waals surface area (Å²) in [5.74, 6) is 0.351. The van der Waals surface area contributed by atoms with Gasteiger partial charge in [-0.15, -0.1) is 4.80 Å². The lowest BCUT2D eigenvalue weighted by Gasteiger charge is -2.16. The van der Waals surface area contributed by atoms with Crippen molar-refractivity contribution in [2.24, 2.45) is 0 Å². The molecule has 1 unspecified atom stereocenters. The Morgan fingerprint density at radius 3 is 2.68 bits per heavy atom. The molecule has 3 rings (SSSR count). The van der Waals surface area contributed by atoms with Crippen LogP contribution in [0.25, 0.3) is 10.7 Å². The number of methoxy groups -OCH3 is 1. The topological polar surface area (TPSA) is 87.2 Å². The standard InChI is InChI=1S/C19H17ClN6O2/c1-12(28-3)18-14(10-22-11-17(18)21-2)8-15(27)6-13-7-16(20)19(23-9-13)26-24-4-5-25-26/h4-5,7,9-12H,6,8H2,1,3H3. The number of halogens is 1. The molecular weight excluding hydrogens is 380 g/mol. The van der Waals surface area contributed by atoms with E-state index in [2.05, 4.69) is 25.0 Å². The van der Waals surface area contributed by atoms with Crippen LogP contribution in [0.2, 0.25) is 5.02 Å². The Labute approximate surface area is 167 Å². The number of ketones is 1. The van der Waals surface area contributed by atoms with Crippen molar-refractivity contribution < 1.29 is 9.53 Å². The summed E-state index contributed by atoms with van der Waals surface area (Å²) in [5.41, 5.74) is 2.45. The summed E-state index contributed by atoms with van der Waals surface area (Å²) in [7, 11) is 1.56. The lowest BCUT2D eigenvalue weighted by atomic mass is 9.97. The van der Waals surface area contributed by atoms with Gasteiger partial charge in [0.05, 0.1) is 30.1 Å². The summed E-state index contributed by atoms with van der Waals surface area (Å²) in [6.45, 7) is 9.16. The molecule has 3 aromatic heterocycles. The largest absolute Gasteiger partial charge is 0.378 e. The van der Waals surface area contributed by atoms with Gasteiger partial charge in [0.15, 0.2) is 5.82 Å². The maximum absolute atomic E-state index is 12.6. The number of carbonyl (C=O) groups is 1. The average molecular weight is 397 g/mol. The maximum atomic E-state index is 12.6. The van der Waals surface area contributed by atoms with E-state index < -0.39 is 0 Å². The molecule has 3 aromatic rings. The Morgan fingerprint density at radius 1 is 1.29 bits per heavy atom. The van der Waals surface area contributed by atoms with E-state index in [9.17, 15) is 4.79 Å². The molecule has 0 aromatic carbocycles. The third-order valence-electron chi connectivity index (χ3n) is 4.21. The summed E-state index contributed by atoms with van der Waals surface area (Å²) in [5, 5.41) is 8.34. The van der Waals surface area contributed by atoms with Gasteiger partial charge in [-0.05, 0) is 29.7 Å². The van der Waals surface area contributed by atoms with E-state index in [1.807, 2.05) is 6.92 Å². The van der Waals surface area contributed by atoms with Crippen LogP contribution in [-0.2, 0) is 22.4 Å². The fourth-order valence-corrected chi connectivity index (χ4v) is 3.12. The highest BCUT2D eigenvalue weighted by atomic mass is 35.5. The molecule has 0 amide bonds. The Kier molecular flexibility index (Phi) is 6.09. The van der Waals surface area contributed by atoms with Crippen molar-refractivity contribution in [1.82, 2.24) is 25.0 Å². The zero-order valence-corrected chi connectivity index (χ0v) is 16.1. The Bertz CT molecular complexity index is 1030. The Balaban J connectivity index is 1.78. The predicted octanol–water partition coefficient (Wildman–Crippen LogP) is 3.32. The Hall–Kier alpha value is -3.15. The highest BCUT2D eigenvalue weighted by Crippen LogP contribution is 2.30. The number of ether oxygens (including phenoxy) is 1. The smallest absolute Gasteiger partial charge is 0.211 e. The van der Waals surface area contributed by atoms with E-state index >= 15 is 0 Å². The fraction of sp³-hybridized carbons (Fsp3) is 0.263. The number of Topliss-reactive ketones (excluding diaryl/α,β-unsaturated/α-hetero) is 1. The van der Waals surface area contributed by atoms with Crippen molar-refractivity contribution in [3.63, 3.8) is 0 Å². The van der Waals surface area contributed by atoms with Crippen molar-refractivity contribution in [2.75, 3.05) is 7.11 Å². The van der Waals surface area contributed by atoms with Gasteiger partial charge in [-0.25, -0.2) is 9.83 Å². The zero-order chi connectivity index (χ0) is 20.1. The molecule has 0 bridgehead atoms. The minimum absolute atomic E-state index is 0.0451. The normalized spacial score (nSPS) is 11.8. The first-order valence-electron chi connectivity index (χ1n) is 8.43. The van der Waals surface area contributed by atoms with Crippen LogP contribution in [0.3, 0.4) is 0 Å². The predicted molar refractivity (Wildman–Crippen MR) is 103 cm³/mol. The van der Waals surface area contributed by atoms with E-state index in [0.717, 1.165) is 0 Å². The molecule has 28 heavy (non-hydrogen) atoms. The SMILES string of the molecule is [C-]#[N+]c1cncc(CC(=O)Cc2cnc(-n3nccn3)c(Cl)c2)c1C(C)OC. The van der Waals surface area contributed by atoms with Gasteiger partial charge >= 0.3 is 0 Å².